The first-order chi connectivity index (χ1) is 11.0. The van der Waals surface area contributed by atoms with Gasteiger partial charge < -0.3 is 9.73 Å². The molecule has 0 aliphatic carbocycles. The number of nitrogens with zero attached hydrogens (tertiary/aromatic N) is 2. The summed E-state index contributed by atoms with van der Waals surface area (Å²) < 4.78 is 6.61. The molecule has 3 rings (SSSR count). The number of rotatable bonds is 4. The van der Waals surface area contributed by atoms with E-state index >= 15 is 0 Å². The number of carbonyl (C=O) groups is 1. The monoisotopic (exact) mass is 369 g/mol. The van der Waals surface area contributed by atoms with Gasteiger partial charge in [-0.05, 0) is 29.8 Å². The van der Waals surface area contributed by atoms with Crippen LogP contribution in [0.25, 0.3) is 0 Å². The van der Waals surface area contributed by atoms with Crippen LogP contribution in [0.2, 0.25) is 15.1 Å². The zero-order valence-electron chi connectivity index (χ0n) is 11.6. The van der Waals surface area contributed by atoms with Gasteiger partial charge in [0.2, 0.25) is 0 Å². The van der Waals surface area contributed by atoms with Gasteiger partial charge in [0.25, 0.3) is 5.91 Å². The van der Waals surface area contributed by atoms with Crippen molar-refractivity contribution in [3.8, 4) is 0 Å². The molecule has 1 aromatic carbocycles. The largest absolute Gasteiger partial charge is 0.459 e. The number of carbonyl (C=O) groups excluding carboxylic acids is 1. The highest BCUT2D eigenvalue weighted by Gasteiger charge is 2.14. The second-order valence-electron chi connectivity index (χ2n) is 4.70. The van der Waals surface area contributed by atoms with Crippen LogP contribution < -0.4 is 5.32 Å². The van der Waals surface area contributed by atoms with Crippen molar-refractivity contribution in [2.75, 3.05) is 5.32 Å². The van der Waals surface area contributed by atoms with E-state index in [9.17, 15) is 4.79 Å². The first-order valence-electron chi connectivity index (χ1n) is 6.54. The Morgan fingerprint density at radius 3 is 2.70 bits per heavy atom. The van der Waals surface area contributed by atoms with Crippen LogP contribution in [0.3, 0.4) is 0 Å². The van der Waals surface area contributed by atoms with Crippen LogP contribution in [0, 0.1) is 0 Å². The Kier molecular flexibility index (Phi) is 4.61. The Hall–Kier alpha value is -1.95. The number of furan rings is 1. The van der Waals surface area contributed by atoms with Crippen LogP contribution in [0.1, 0.15) is 16.1 Å². The molecule has 0 bridgehead atoms. The van der Waals surface area contributed by atoms with Crippen LogP contribution in [0.15, 0.2) is 47.2 Å². The second-order valence-corrected chi connectivity index (χ2v) is 5.92. The molecule has 3 aromatic rings. The van der Waals surface area contributed by atoms with Crippen LogP contribution in [0.5, 0.6) is 0 Å². The molecular formula is C15H10Cl3N3O2. The molecule has 23 heavy (non-hydrogen) atoms. The summed E-state index contributed by atoms with van der Waals surface area (Å²) in [5.41, 5.74) is 0.905. The maximum absolute atomic E-state index is 11.9. The Labute approximate surface area is 146 Å². The molecule has 0 spiro atoms. The van der Waals surface area contributed by atoms with E-state index < -0.39 is 5.91 Å². The number of aromatic nitrogens is 2. The van der Waals surface area contributed by atoms with Crippen molar-refractivity contribution in [1.29, 1.82) is 0 Å². The number of nitrogens with one attached hydrogen (secondary N) is 1. The zero-order valence-corrected chi connectivity index (χ0v) is 13.9. The quantitative estimate of drug-likeness (QED) is 0.722. The Morgan fingerprint density at radius 1 is 1.17 bits per heavy atom. The second kappa shape index (κ2) is 6.66. The average Bonchev–Trinajstić information content (AvgIpc) is 3.14. The lowest BCUT2D eigenvalue weighted by Gasteiger charge is -2.04. The highest BCUT2D eigenvalue weighted by atomic mass is 35.5. The molecule has 0 saturated heterocycles. The third-order valence-electron chi connectivity index (χ3n) is 3.02. The van der Waals surface area contributed by atoms with Crippen LogP contribution >= 0.6 is 34.8 Å². The van der Waals surface area contributed by atoms with E-state index in [1.807, 2.05) is 6.07 Å². The predicted octanol–water partition coefficient (Wildman–Crippen LogP) is 4.74. The van der Waals surface area contributed by atoms with E-state index in [0.29, 0.717) is 21.6 Å². The summed E-state index contributed by atoms with van der Waals surface area (Å²) >= 11 is 18.0. The standard InChI is InChI=1S/C15H10Cl3N3O2/c16-10-4-3-9(6-11(10)17)7-21-8-12(18)14(20-21)19-15(22)13-2-1-5-23-13/h1-6,8H,7H2,(H,19,20,22). The number of amides is 1. The molecule has 1 amide bonds. The van der Waals surface area contributed by atoms with Crippen LogP contribution in [-0.4, -0.2) is 15.7 Å². The topological polar surface area (TPSA) is 60.1 Å². The predicted molar refractivity (Wildman–Crippen MR) is 89.5 cm³/mol. The number of anilines is 1. The van der Waals surface area contributed by atoms with Crippen molar-refractivity contribution in [3.05, 3.63) is 69.2 Å². The van der Waals surface area contributed by atoms with Gasteiger partial charge in [-0.25, -0.2) is 0 Å². The van der Waals surface area contributed by atoms with Gasteiger partial charge in [-0.3, -0.25) is 9.48 Å². The lowest BCUT2D eigenvalue weighted by atomic mass is 10.2. The van der Waals surface area contributed by atoms with E-state index in [1.54, 1.807) is 35.1 Å². The fraction of sp³-hybridized carbons (Fsp3) is 0.0667. The smallest absolute Gasteiger partial charge is 0.292 e. The number of hydrogen-bond acceptors (Lipinski definition) is 3. The molecule has 0 aliphatic rings. The average molecular weight is 371 g/mol. The van der Waals surface area contributed by atoms with E-state index in [0.717, 1.165) is 5.56 Å². The Morgan fingerprint density at radius 2 is 2.00 bits per heavy atom. The summed E-state index contributed by atoms with van der Waals surface area (Å²) in [4.78, 5) is 11.9. The first kappa shape index (κ1) is 15.9. The van der Waals surface area contributed by atoms with Gasteiger partial charge in [0.1, 0.15) is 5.02 Å². The highest BCUT2D eigenvalue weighted by Crippen LogP contribution is 2.24. The molecule has 0 atom stereocenters. The summed E-state index contributed by atoms with van der Waals surface area (Å²) in [6.45, 7) is 0.438. The molecule has 0 fully saturated rings. The van der Waals surface area contributed by atoms with Crippen molar-refractivity contribution >= 4 is 46.5 Å². The van der Waals surface area contributed by atoms with E-state index in [1.165, 1.54) is 6.26 Å². The molecule has 1 N–H and O–H groups in total. The van der Waals surface area contributed by atoms with Gasteiger partial charge in [-0.1, -0.05) is 40.9 Å². The van der Waals surface area contributed by atoms with Gasteiger partial charge in [-0.15, -0.1) is 0 Å². The van der Waals surface area contributed by atoms with Crippen molar-refractivity contribution in [1.82, 2.24) is 9.78 Å². The number of halogens is 3. The molecule has 8 heteroatoms. The fourth-order valence-electron chi connectivity index (χ4n) is 1.96. The molecule has 2 aromatic heterocycles. The minimum absolute atomic E-state index is 0.181. The normalized spacial score (nSPS) is 10.7. The molecule has 118 valence electrons. The minimum atomic E-state index is -0.420. The van der Waals surface area contributed by atoms with E-state index in [4.69, 9.17) is 39.2 Å². The third kappa shape index (κ3) is 3.69. The van der Waals surface area contributed by atoms with Crippen LogP contribution in [0.4, 0.5) is 5.82 Å². The number of benzene rings is 1. The Balaban J connectivity index is 1.75. The maximum atomic E-state index is 11.9. The SMILES string of the molecule is O=C(Nc1nn(Cc2ccc(Cl)c(Cl)c2)cc1Cl)c1ccco1. The van der Waals surface area contributed by atoms with Gasteiger partial charge in [0, 0.05) is 6.20 Å². The fourth-order valence-corrected chi connectivity index (χ4v) is 2.48. The summed E-state index contributed by atoms with van der Waals surface area (Å²) in [6.07, 6.45) is 3.03. The molecule has 0 saturated carbocycles. The molecule has 0 radical (unpaired) electrons. The Bertz CT molecular complexity index is 844. The molecule has 0 aliphatic heterocycles. The van der Waals surface area contributed by atoms with E-state index in [-0.39, 0.29) is 11.6 Å². The van der Waals surface area contributed by atoms with Gasteiger partial charge in [-0.2, -0.15) is 5.10 Å². The lowest BCUT2D eigenvalue weighted by Crippen LogP contribution is -2.12. The van der Waals surface area contributed by atoms with Gasteiger partial charge in [0.15, 0.2) is 11.6 Å². The van der Waals surface area contributed by atoms with Crippen molar-refractivity contribution < 1.29 is 9.21 Å². The van der Waals surface area contributed by atoms with Gasteiger partial charge >= 0.3 is 0 Å². The summed E-state index contributed by atoms with van der Waals surface area (Å²) in [5, 5.41) is 8.11. The maximum Gasteiger partial charge on any atom is 0.292 e. The highest BCUT2D eigenvalue weighted by molar-refractivity contribution is 6.42. The third-order valence-corrected chi connectivity index (χ3v) is 4.04. The van der Waals surface area contributed by atoms with E-state index in [2.05, 4.69) is 10.4 Å². The molecule has 5 nitrogen and oxygen atoms in total. The summed E-state index contributed by atoms with van der Waals surface area (Å²) in [7, 11) is 0. The van der Waals surface area contributed by atoms with Crippen molar-refractivity contribution in [2.24, 2.45) is 0 Å². The van der Waals surface area contributed by atoms with Gasteiger partial charge in [0.05, 0.1) is 22.9 Å². The number of hydrogen-bond donors (Lipinski definition) is 1. The lowest BCUT2D eigenvalue weighted by molar-refractivity contribution is 0.0996. The molecular weight excluding hydrogens is 361 g/mol. The minimum Gasteiger partial charge on any atom is -0.459 e. The van der Waals surface area contributed by atoms with Crippen molar-refractivity contribution in [2.45, 2.75) is 6.54 Å². The summed E-state index contributed by atoms with van der Waals surface area (Å²) in [5.74, 6) is 0.0184. The van der Waals surface area contributed by atoms with Crippen molar-refractivity contribution in [3.63, 3.8) is 0 Å². The van der Waals surface area contributed by atoms with Crippen LogP contribution in [-0.2, 0) is 6.54 Å². The first-order valence-corrected chi connectivity index (χ1v) is 7.68. The zero-order chi connectivity index (χ0) is 16.4. The summed E-state index contributed by atoms with van der Waals surface area (Å²) in [6, 6.07) is 8.48. The molecule has 0 unspecified atom stereocenters. The molecule has 2 heterocycles.